The van der Waals surface area contributed by atoms with Crippen LogP contribution in [0.2, 0.25) is 0 Å². The molecular weight excluding hydrogens is 226 g/mol. The number of methoxy groups -OCH3 is 1. The van der Waals surface area contributed by atoms with Crippen LogP contribution in [0.1, 0.15) is 17.0 Å². The molecule has 0 spiro atoms. The number of ether oxygens (including phenoxy) is 1. The summed E-state index contributed by atoms with van der Waals surface area (Å²) in [4.78, 5) is 0. The second kappa shape index (κ2) is 5.23. The van der Waals surface area contributed by atoms with E-state index >= 15 is 0 Å². The molecule has 4 nitrogen and oxygen atoms in total. The van der Waals surface area contributed by atoms with E-state index in [4.69, 9.17) is 4.74 Å². The van der Waals surface area contributed by atoms with Crippen LogP contribution in [-0.2, 0) is 6.54 Å². The van der Waals surface area contributed by atoms with Crippen molar-refractivity contribution in [3.8, 4) is 11.4 Å². The maximum absolute atomic E-state index is 5.16. The molecule has 0 aliphatic rings. The number of hydrogen-bond donors (Lipinski definition) is 1. The number of aromatic nitrogens is 2. The smallest absolute Gasteiger partial charge is 0.119 e. The molecule has 0 amide bonds. The Morgan fingerprint density at radius 1 is 1.22 bits per heavy atom. The van der Waals surface area contributed by atoms with Crippen LogP contribution in [-0.4, -0.2) is 23.9 Å². The highest BCUT2D eigenvalue weighted by atomic mass is 16.5. The van der Waals surface area contributed by atoms with Gasteiger partial charge in [0.05, 0.1) is 18.5 Å². The van der Waals surface area contributed by atoms with E-state index in [0.29, 0.717) is 0 Å². The molecule has 1 aromatic carbocycles. The number of hydrogen-bond acceptors (Lipinski definition) is 3. The minimum absolute atomic E-state index is 0.841. The monoisotopic (exact) mass is 245 g/mol. The molecule has 96 valence electrons. The molecule has 0 saturated heterocycles. The SMILES string of the molecule is CNCc1c(C)nn(-c2ccc(OC)cc2)c1C. The molecule has 0 bridgehead atoms. The first-order chi connectivity index (χ1) is 8.67. The van der Waals surface area contributed by atoms with Gasteiger partial charge < -0.3 is 10.1 Å². The topological polar surface area (TPSA) is 39.1 Å². The molecule has 2 aromatic rings. The van der Waals surface area contributed by atoms with E-state index in [1.54, 1.807) is 7.11 Å². The van der Waals surface area contributed by atoms with Crippen molar-refractivity contribution in [2.45, 2.75) is 20.4 Å². The third-order valence-corrected chi connectivity index (χ3v) is 3.11. The molecule has 1 aromatic heterocycles. The normalized spacial score (nSPS) is 10.7. The first-order valence-corrected chi connectivity index (χ1v) is 6.01. The highest BCUT2D eigenvalue weighted by Gasteiger charge is 2.11. The third kappa shape index (κ3) is 2.24. The molecule has 1 heterocycles. The van der Waals surface area contributed by atoms with Crippen molar-refractivity contribution >= 4 is 0 Å². The van der Waals surface area contributed by atoms with Crippen LogP contribution in [0.25, 0.3) is 5.69 Å². The Bertz CT molecular complexity index is 529. The van der Waals surface area contributed by atoms with Crippen LogP contribution in [0.3, 0.4) is 0 Å². The molecule has 0 aliphatic heterocycles. The lowest BCUT2D eigenvalue weighted by molar-refractivity contribution is 0.414. The number of nitrogens with zero attached hydrogens (tertiary/aromatic N) is 2. The van der Waals surface area contributed by atoms with Crippen molar-refractivity contribution in [3.05, 3.63) is 41.2 Å². The quantitative estimate of drug-likeness (QED) is 0.897. The van der Waals surface area contributed by atoms with Crippen LogP contribution < -0.4 is 10.1 Å². The van der Waals surface area contributed by atoms with Gasteiger partial charge in [0.2, 0.25) is 0 Å². The summed E-state index contributed by atoms with van der Waals surface area (Å²) in [6, 6.07) is 7.93. The second-order valence-electron chi connectivity index (χ2n) is 4.29. The van der Waals surface area contributed by atoms with Gasteiger partial charge in [-0.25, -0.2) is 4.68 Å². The lowest BCUT2D eigenvalue weighted by Crippen LogP contribution is -2.07. The van der Waals surface area contributed by atoms with Crippen molar-refractivity contribution in [2.24, 2.45) is 0 Å². The fourth-order valence-electron chi connectivity index (χ4n) is 2.08. The van der Waals surface area contributed by atoms with Crippen LogP contribution in [0, 0.1) is 13.8 Å². The van der Waals surface area contributed by atoms with E-state index in [1.165, 1.54) is 11.3 Å². The van der Waals surface area contributed by atoms with Crippen molar-refractivity contribution in [1.29, 1.82) is 0 Å². The third-order valence-electron chi connectivity index (χ3n) is 3.11. The van der Waals surface area contributed by atoms with Crippen LogP contribution in [0.15, 0.2) is 24.3 Å². The number of nitrogens with one attached hydrogen (secondary N) is 1. The summed E-state index contributed by atoms with van der Waals surface area (Å²) >= 11 is 0. The average molecular weight is 245 g/mol. The van der Waals surface area contributed by atoms with Gasteiger partial charge in [-0.05, 0) is 45.2 Å². The molecule has 0 saturated carbocycles. The van der Waals surface area contributed by atoms with E-state index in [1.807, 2.05) is 42.9 Å². The lowest BCUT2D eigenvalue weighted by atomic mass is 10.2. The summed E-state index contributed by atoms with van der Waals surface area (Å²) in [5, 5.41) is 7.77. The van der Waals surface area contributed by atoms with E-state index in [2.05, 4.69) is 17.3 Å². The summed E-state index contributed by atoms with van der Waals surface area (Å²) in [6.07, 6.45) is 0. The van der Waals surface area contributed by atoms with Gasteiger partial charge in [0.1, 0.15) is 5.75 Å². The molecular formula is C14H19N3O. The second-order valence-corrected chi connectivity index (χ2v) is 4.29. The highest BCUT2D eigenvalue weighted by Crippen LogP contribution is 2.19. The van der Waals surface area contributed by atoms with E-state index in [-0.39, 0.29) is 0 Å². The Morgan fingerprint density at radius 2 is 1.89 bits per heavy atom. The Hall–Kier alpha value is -1.81. The van der Waals surface area contributed by atoms with Crippen molar-refractivity contribution in [1.82, 2.24) is 15.1 Å². The number of benzene rings is 1. The van der Waals surface area contributed by atoms with Gasteiger partial charge in [0.25, 0.3) is 0 Å². The van der Waals surface area contributed by atoms with Crippen LogP contribution in [0.4, 0.5) is 0 Å². The zero-order valence-corrected chi connectivity index (χ0v) is 11.3. The molecule has 18 heavy (non-hydrogen) atoms. The minimum Gasteiger partial charge on any atom is -0.497 e. The molecule has 1 N–H and O–H groups in total. The van der Waals surface area contributed by atoms with Crippen LogP contribution >= 0.6 is 0 Å². The maximum atomic E-state index is 5.16. The fourth-order valence-corrected chi connectivity index (χ4v) is 2.08. The minimum atomic E-state index is 0.841. The maximum Gasteiger partial charge on any atom is 0.119 e. The zero-order valence-electron chi connectivity index (χ0n) is 11.3. The van der Waals surface area contributed by atoms with Gasteiger partial charge in [-0.3, -0.25) is 0 Å². The van der Waals surface area contributed by atoms with Gasteiger partial charge in [-0.1, -0.05) is 0 Å². The standard InChI is InChI=1S/C14H19N3O/c1-10-14(9-15-3)11(2)17(16-10)12-5-7-13(18-4)8-6-12/h5-8,15H,9H2,1-4H3. The van der Waals surface area contributed by atoms with Crippen molar-refractivity contribution in [3.63, 3.8) is 0 Å². The summed E-state index contributed by atoms with van der Waals surface area (Å²) < 4.78 is 7.14. The molecule has 2 rings (SSSR count). The Kier molecular flexibility index (Phi) is 3.67. The largest absolute Gasteiger partial charge is 0.497 e. The number of aryl methyl sites for hydroxylation is 1. The van der Waals surface area contributed by atoms with E-state index in [0.717, 1.165) is 23.7 Å². The van der Waals surface area contributed by atoms with Crippen molar-refractivity contribution in [2.75, 3.05) is 14.2 Å². The molecule has 0 aliphatic carbocycles. The molecule has 0 unspecified atom stereocenters. The van der Waals surface area contributed by atoms with E-state index < -0.39 is 0 Å². The van der Waals surface area contributed by atoms with Gasteiger partial charge in [-0.2, -0.15) is 5.10 Å². The van der Waals surface area contributed by atoms with E-state index in [9.17, 15) is 0 Å². The average Bonchev–Trinajstić information content (AvgIpc) is 2.67. The zero-order chi connectivity index (χ0) is 13.1. The predicted molar refractivity (Wildman–Crippen MR) is 72.4 cm³/mol. The molecule has 0 radical (unpaired) electrons. The van der Waals surface area contributed by atoms with Crippen LogP contribution in [0.5, 0.6) is 5.75 Å². The Labute approximate surface area is 108 Å². The fraction of sp³-hybridized carbons (Fsp3) is 0.357. The Balaban J connectivity index is 2.40. The van der Waals surface area contributed by atoms with Crippen molar-refractivity contribution < 1.29 is 4.74 Å². The van der Waals surface area contributed by atoms with Gasteiger partial charge in [0, 0.05) is 17.8 Å². The molecule has 0 atom stereocenters. The first kappa shape index (κ1) is 12.6. The first-order valence-electron chi connectivity index (χ1n) is 6.01. The summed E-state index contributed by atoms with van der Waals surface area (Å²) in [7, 11) is 3.62. The van der Waals surface area contributed by atoms with Gasteiger partial charge in [-0.15, -0.1) is 0 Å². The number of rotatable bonds is 4. The summed E-state index contributed by atoms with van der Waals surface area (Å²) in [6.45, 7) is 4.98. The molecule has 4 heteroatoms. The molecule has 0 fully saturated rings. The predicted octanol–water partition coefficient (Wildman–Crippen LogP) is 2.22. The van der Waals surface area contributed by atoms with Gasteiger partial charge in [0.15, 0.2) is 0 Å². The summed E-state index contributed by atoms with van der Waals surface area (Å²) in [5.41, 5.74) is 4.55. The highest BCUT2D eigenvalue weighted by molar-refractivity contribution is 5.40. The Morgan fingerprint density at radius 3 is 2.44 bits per heavy atom. The lowest BCUT2D eigenvalue weighted by Gasteiger charge is -2.06. The summed E-state index contributed by atoms with van der Waals surface area (Å²) in [5.74, 6) is 0.857. The van der Waals surface area contributed by atoms with Gasteiger partial charge >= 0.3 is 0 Å².